The van der Waals surface area contributed by atoms with E-state index in [1.807, 2.05) is 18.2 Å². The van der Waals surface area contributed by atoms with E-state index in [0.29, 0.717) is 18.6 Å². The first-order valence-electron chi connectivity index (χ1n) is 8.63. The largest absolute Gasteiger partial charge is 0.487 e. The van der Waals surface area contributed by atoms with Gasteiger partial charge in [-0.05, 0) is 48.6 Å². The van der Waals surface area contributed by atoms with Crippen molar-refractivity contribution in [3.8, 4) is 5.75 Å². The molecule has 4 nitrogen and oxygen atoms in total. The molecule has 1 aromatic heterocycles. The van der Waals surface area contributed by atoms with E-state index < -0.39 is 0 Å². The van der Waals surface area contributed by atoms with E-state index in [-0.39, 0.29) is 0 Å². The lowest BCUT2D eigenvalue weighted by Crippen LogP contribution is -2.28. The third kappa shape index (κ3) is 3.94. The fraction of sp³-hybridized carbons (Fsp3) is 0.450. The average molecular weight is 325 g/mol. The quantitative estimate of drug-likeness (QED) is 0.918. The second-order valence-corrected chi connectivity index (χ2v) is 7.00. The minimum Gasteiger partial charge on any atom is -0.487 e. The van der Waals surface area contributed by atoms with Gasteiger partial charge in [0.25, 0.3) is 0 Å². The zero-order valence-corrected chi connectivity index (χ0v) is 14.8. The summed E-state index contributed by atoms with van der Waals surface area (Å²) >= 11 is 0. The Hall–Kier alpha value is -1.91. The topological polar surface area (TPSA) is 51.4 Å². The van der Waals surface area contributed by atoms with Gasteiger partial charge in [-0.2, -0.15) is 0 Å². The molecule has 0 aliphatic carbocycles. The van der Waals surface area contributed by atoms with Gasteiger partial charge in [-0.3, -0.25) is 9.88 Å². The lowest BCUT2D eigenvalue weighted by Gasteiger charge is -2.18. The Kier molecular flexibility index (Phi) is 5.17. The molecule has 1 aromatic carbocycles. The number of nitrogens with zero attached hydrogens (tertiary/aromatic N) is 2. The second kappa shape index (κ2) is 7.32. The Bertz CT molecular complexity index is 654. The van der Waals surface area contributed by atoms with Crippen LogP contribution in [0.25, 0.3) is 0 Å². The monoisotopic (exact) mass is 325 g/mol. The summed E-state index contributed by atoms with van der Waals surface area (Å²) in [5.41, 5.74) is 10.8. The molecule has 1 fully saturated rings. The molecule has 2 aromatic rings. The molecule has 3 rings (SSSR count). The maximum Gasteiger partial charge on any atom is 0.130 e. The van der Waals surface area contributed by atoms with Crippen molar-refractivity contribution in [1.82, 2.24) is 9.88 Å². The lowest BCUT2D eigenvalue weighted by atomic mass is 10.1. The number of hydrogen-bond acceptors (Lipinski definition) is 4. The van der Waals surface area contributed by atoms with Crippen LogP contribution in [0.5, 0.6) is 5.75 Å². The summed E-state index contributed by atoms with van der Waals surface area (Å²) in [4.78, 5) is 6.75. The van der Waals surface area contributed by atoms with Gasteiger partial charge in [0.2, 0.25) is 0 Å². The molecule has 1 saturated heterocycles. The zero-order valence-electron chi connectivity index (χ0n) is 14.8. The molecule has 1 aliphatic rings. The summed E-state index contributed by atoms with van der Waals surface area (Å²) in [6.07, 6.45) is 1.79. The molecule has 0 amide bonds. The Balaban J connectivity index is 1.67. The fourth-order valence-corrected chi connectivity index (χ4v) is 3.47. The number of ether oxygens (including phenoxy) is 1. The smallest absolute Gasteiger partial charge is 0.130 e. The summed E-state index contributed by atoms with van der Waals surface area (Å²) in [5, 5.41) is 0. The van der Waals surface area contributed by atoms with E-state index in [2.05, 4.69) is 42.8 Å². The Morgan fingerprint density at radius 3 is 2.54 bits per heavy atom. The van der Waals surface area contributed by atoms with Crippen molar-refractivity contribution in [2.45, 2.75) is 40.0 Å². The van der Waals surface area contributed by atoms with Crippen molar-refractivity contribution in [2.24, 2.45) is 11.7 Å². The van der Waals surface area contributed by atoms with Crippen LogP contribution in [0.2, 0.25) is 0 Å². The van der Waals surface area contributed by atoms with Crippen LogP contribution >= 0.6 is 0 Å². The highest BCUT2D eigenvalue weighted by Gasteiger charge is 2.26. The van der Waals surface area contributed by atoms with Gasteiger partial charge >= 0.3 is 0 Å². The number of aryl methyl sites for hydroxylation is 2. The predicted molar refractivity (Wildman–Crippen MR) is 96.9 cm³/mol. The van der Waals surface area contributed by atoms with E-state index in [4.69, 9.17) is 10.5 Å². The minimum absolute atomic E-state index is 0.299. The van der Waals surface area contributed by atoms with Gasteiger partial charge in [-0.25, -0.2) is 0 Å². The number of hydrogen-bond donors (Lipinski definition) is 1. The number of benzene rings is 1. The highest BCUT2D eigenvalue weighted by Crippen LogP contribution is 2.27. The molecule has 0 bridgehead atoms. The molecule has 1 aliphatic heterocycles. The molecule has 0 radical (unpaired) electrons. The average Bonchev–Trinajstić information content (AvgIpc) is 2.85. The van der Waals surface area contributed by atoms with Crippen molar-refractivity contribution in [2.75, 3.05) is 13.1 Å². The highest BCUT2D eigenvalue weighted by atomic mass is 16.5. The van der Waals surface area contributed by atoms with Gasteiger partial charge in [0.05, 0.1) is 5.69 Å². The number of likely N-dealkylation sites (tertiary alicyclic amines) is 1. The molecule has 2 heterocycles. The first-order valence-corrected chi connectivity index (χ1v) is 8.63. The first-order chi connectivity index (χ1) is 11.5. The minimum atomic E-state index is 0.299. The van der Waals surface area contributed by atoms with Gasteiger partial charge in [-0.1, -0.05) is 25.1 Å². The Morgan fingerprint density at radius 2 is 1.96 bits per heavy atom. The molecule has 4 heteroatoms. The van der Waals surface area contributed by atoms with Crippen LogP contribution < -0.4 is 10.5 Å². The molecule has 2 N–H and O–H groups in total. The van der Waals surface area contributed by atoms with Crippen LogP contribution in [0.15, 0.2) is 36.5 Å². The van der Waals surface area contributed by atoms with Crippen LogP contribution in [-0.4, -0.2) is 29.0 Å². The zero-order chi connectivity index (χ0) is 17.1. The summed E-state index contributed by atoms with van der Waals surface area (Å²) < 4.78 is 6.02. The Labute approximate surface area is 144 Å². The van der Waals surface area contributed by atoms with Crippen LogP contribution in [0.3, 0.4) is 0 Å². The van der Waals surface area contributed by atoms with Gasteiger partial charge in [-0.15, -0.1) is 0 Å². The summed E-state index contributed by atoms with van der Waals surface area (Å²) in [5.74, 6) is 1.55. The standard InChI is InChI=1S/C20H27N3O/c1-14-8-17(11-23-10-16(3)19(21)12-23)9-15(2)20(14)24-13-18-6-4-5-7-22-18/h4-9,16,19H,10-13,21H2,1-3H3. The summed E-state index contributed by atoms with van der Waals surface area (Å²) in [6, 6.07) is 10.6. The SMILES string of the molecule is Cc1cc(CN2CC(C)C(N)C2)cc(C)c1OCc1ccccn1. The molecule has 0 saturated carbocycles. The van der Waals surface area contributed by atoms with Gasteiger partial charge in [0, 0.05) is 31.9 Å². The Morgan fingerprint density at radius 1 is 1.21 bits per heavy atom. The summed E-state index contributed by atoms with van der Waals surface area (Å²) in [6.45, 7) is 9.98. The van der Waals surface area contributed by atoms with Crippen molar-refractivity contribution < 1.29 is 4.74 Å². The first kappa shape index (κ1) is 16.9. The summed E-state index contributed by atoms with van der Waals surface area (Å²) in [7, 11) is 0. The van der Waals surface area contributed by atoms with Crippen LogP contribution in [0.1, 0.15) is 29.3 Å². The van der Waals surface area contributed by atoms with E-state index in [1.54, 1.807) is 6.20 Å². The molecular formula is C20H27N3O. The maximum absolute atomic E-state index is 6.13. The van der Waals surface area contributed by atoms with Gasteiger partial charge < -0.3 is 10.5 Å². The number of aromatic nitrogens is 1. The number of nitrogens with two attached hydrogens (primary N) is 1. The number of pyridine rings is 1. The molecule has 128 valence electrons. The van der Waals surface area contributed by atoms with Crippen LogP contribution in [0, 0.1) is 19.8 Å². The lowest BCUT2D eigenvalue weighted by molar-refractivity contribution is 0.296. The van der Waals surface area contributed by atoms with E-state index >= 15 is 0 Å². The molecule has 24 heavy (non-hydrogen) atoms. The van der Waals surface area contributed by atoms with E-state index in [0.717, 1.165) is 31.1 Å². The van der Waals surface area contributed by atoms with Gasteiger partial charge in [0.1, 0.15) is 12.4 Å². The third-order valence-electron chi connectivity index (χ3n) is 4.76. The molecule has 2 atom stereocenters. The third-order valence-corrected chi connectivity index (χ3v) is 4.76. The van der Waals surface area contributed by atoms with Crippen molar-refractivity contribution in [3.05, 3.63) is 58.9 Å². The van der Waals surface area contributed by atoms with Crippen LogP contribution in [-0.2, 0) is 13.2 Å². The van der Waals surface area contributed by atoms with E-state index in [9.17, 15) is 0 Å². The van der Waals surface area contributed by atoms with Crippen molar-refractivity contribution in [1.29, 1.82) is 0 Å². The van der Waals surface area contributed by atoms with E-state index in [1.165, 1.54) is 16.7 Å². The highest BCUT2D eigenvalue weighted by molar-refractivity contribution is 5.43. The second-order valence-electron chi connectivity index (χ2n) is 7.00. The predicted octanol–water partition coefficient (Wildman–Crippen LogP) is 3.06. The molecule has 0 spiro atoms. The molecular weight excluding hydrogens is 298 g/mol. The van der Waals surface area contributed by atoms with Crippen molar-refractivity contribution >= 4 is 0 Å². The normalized spacial score (nSPS) is 21.2. The van der Waals surface area contributed by atoms with Crippen molar-refractivity contribution in [3.63, 3.8) is 0 Å². The van der Waals surface area contributed by atoms with Crippen LogP contribution in [0.4, 0.5) is 0 Å². The molecule has 2 unspecified atom stereocenters. The number of rotatable bonds is 5. The fourth-order valence-electron chi connectivity index (χ4n) is 3.47. The van der Waals surface area contributed by atoms with Gasteiger partial charge in [0.15, 0.2) is 0 Å². The maximum atomic E-state index is 6.13.